The van der Waals surface area contributed by atoms with Crippen LogP contribution in [0.5, 0.6) is 0 Å². The number of rotatable bonds is 7. The van der Waals surface area contributed by atoms with Crippen LogP contribution in [-0.2, 0) is 6.54 Å². The number of alkyl halides is 3. The van der Waals surface area contributed by atoms with E-state index in [9.17, 15) is 13.2 Å². The van der Waals surface area contributed by atoms with Crippen molar-refractivity contribution in [3.8, 4) is 0 Å². The summed E-state index contributed by atoms with van der Waals surface area (Å²) in [7, 11) is 0. The second-order valence-corrected chi connectivity index (χ2v) is 5.72. The Bertz CT molecular complexity index is 447. The van der Waals surface area contributed by atoms with Crippen LogP contribution in [0, 0.1) is 0 Å². The fraction of sp³-hybridized carbons (Fsp3) is 0.600. The van der Waals surface area contributed by atoms with E-state index in [0.29, 0.717) is 35.8 Å². The first-order valence-corrected chi connectivity index (χ1v) is 7.45. The molecule has 0 unspecified atom stereocenters. The topological polar surface area (TPSA) is 15.3 Å². The summed E-state index contributed by atoms with van der Waals surface area (Å²) in [6.45, 7) is 5.65. The van der Waals surface area contributed by atoms with Gasteiger partial charge in [0.1, 0.15) is 6.54 Å². The maximum Gasteiger partial charge on any atom is 0.405 e. The van der Waals surface area contributed by atoms with Crippen molar-refractivity contribution in [2.45, 2.75) is 46.0 Å². The van der Waals surface area contributed by atoms with Crippen LogP contribution in [0.2, 0.25) is 5.02 Å². The minimum absolute atomic E-state index is 0.233. The number of anilines is 1. The molecule has 0 radical (unpaired) electrons. The smallest absolute Gasteiger partial charge is 0.362 e. The number of nitrogens with one attached hydrogen (secondary N) is 1. The number of hydrogen-bond acceptors (Lipinski definition) is 2. The molecule has 0 aliphatic carbocycles. The van der Waals surface area contributed by atoms with E-state index in [4.69, 9.17) is 11.6 Å². The molecule has 1 aromatic rings. The van der Waals surface area contributed by atoms with Crippen molar-refractivity contribution < 1.29 is 13.2 Å². The molecule has 0 atom stereocenters. The first-order valence-electron chi connectivity index (χ1n) is 7.07. The van der Waals surface area contributed by atoms with E-state index < -0.39 is 12.7 Å². The number of halogens is 4. The predicted octanol–water partition coefficient (Wildman–Crippen LogP) is 4.62. The average Bonchev–Trinajstić information content (AvgIpc) is 2.34. The Morgan fingerprint density at radius 2 is 1.95 bits per heavy atom. The maximum absolute atomic E-state index is 12.8. The van der Waals surface area contributed by atoms with Crippen LogP contribution in [0.25, 0.3) is 0 Å². The zero-order valence-electron chi connectivity index (χ0n) is 12.6. The Hall–Kier alpha value is -0.940. The van der Waals surface area contributed by atoms with Gasteiger partial charge in [-0.1, -0.05) is 38.4 Å². The van der Waals surface area contributed by atoms with Gasteiger partial charge in [-0.3, -0.25) is 0 Å². The summed E-state index contributed by atoms with van der Waals surface area (Å²) >= 11 is 6.18. The molecule has 2 nitrogen and oxygen atoms in total. The summed E-state index contributed by atoms with van der Waals surface area (Å²) in [5, 5.41) is 3.70. The summed E-state index contributed by atoms with van der Waals surface area (Å²) in [4.78, 5) is 1.35. The summed E-state index contributed by atoms with van der Waals surface area (Å²) in [5.41, 5.74) is 1.26. The van der Waals surface area contributed by atoms with Gasteiger partial charge in [0.25, 0.3) is 0 Å². The summed E-state index contributed by atoms with van der Waals surface area (Å²) in [6, 6.07) is 5.33. The van der Waals surface area contributed by atoms with Crippen molar-refractivity contribution in [2.75, 3.05) is 18.0 Å². The zero-order chi connectivity index (χ0) is 16.0. The summed E-state index contributed by atoms with van der Waals surface area (Å²) in [6.07, 6.45) is -3.60. The lowest BCUT2D eigenvalue weighted by molar-refractivity contribution is -0.119. The van der Waals surface area contributed by atoms with Crippen LogP contribution in [0.1, 0.15) is 32.8 Å². The minimum atomic E-state index is -4.24. The van der Waals surface area contributed by atoms with E-state index in [-0.39, 0.29) is 6.04 Å². The minimum Gasteiger partial charge on any atom is -0.362 e. The van der Waals surface area contributed by atoms with Gasteiger partial charge in [-0.2, -0.15) is 13.2 Å². The molecule has 0 amide bonds. The zero-order valence-corrected chi connectivity index (χ0v) is 13.4. The van der Waals surface area contributed by atoms with Gasteiger partial charge >= 0.3 is 6.18 Å². The second-order valence-electron chi connectivity index (χ2n) is 5.31. The quantitative estimate of drug-likeness (QED) is 0.788. The van der Waals surface area contributed by atoms with Crippen LogP contribution in [0.4, 0.5) is 18.9 Å². The van der Waals surface area contributed by atoms with E-state index in [2.05, 4.69) is 5.32 Å². The van der Waals surface area contributed by atoms with Crippen molar-refractivity contribution in [1.82, 2.24) is 5.32 Å². The van der Waals surface area contributed by atoms with Gasteiger partial charge < -0.3 is 10.2 Å². The lowest BCUT2D eigenvalue weighted by Crippen LogP contribution is -2.36. The van der Waals surface area contributed by atoms with Gasteiger partial charge in [-0.05, 0) is 18.6 Å². The van der Waals surface area contributed by atoms with Gasteiger partial charge in [-0.15, -0.1) is 0 Å². The first kappa shape index (κ1) is 18.1. The Labute approximate surface area is 129 Å². The third-order valence-corrected chi connectivity index (χ3v) is 3.34. The normalized spacial score (nSPS) is 12.0. The average molecular weight is 323 g/mol. The molecule has 0 heterocycles. The highest BCUT2D eigenvalue weighted by Crippen LogP contribution is 2.30. The van der Waals surface area contributed by atoms with Gasteiger partial charge in [0.15, 0.2) is 0 Å². The molecule has 1 aromatic carbocycles. The van der Waals surface area contributed by atoms with E-state index >= 15 is 0 Å². The van der Waals surface area contributed by atoms with Crippen molar-refractivity contribution in [2.24, 2.45) is 0 Å². The van der Waals surface area contributed by atoms with E-state index in [1.54, 1.807) is 18.2 Å². The SMILES string of the molecule is CCCN(CC(F)(F)F)c1cccc(Cl)c1CNC(C)C. The van der Waals surface area contributed by atoms with Gasteiger partial charge in [0.05, 0.1) is 0 Å². The molecule has 0 bridgehead atoms. The molecular formula is C15H22ClF3N2. The van der Waals surface area contributed by atoms with Crippen LogP contribution in [-0.4, -0.2) is 25.3 Å². The molecule has 6 heteroatoms. The molecule has 1 N–H and O–H groups in total. The summed E-state index contributed by atoms with van der Waals surface area (Å²) < 4.78 is 38.3. The van der Waals surface area contributed by atoms with E-state index in [1.165, 1.54) is 4.90 Å². The van der Waals surface area contributed by atoms with Gasteiger partial charge in [0, 0.05) is 35.4 Å². The Kier molecular flexibility index (Phi) is 6.81. The molecular weight excluding hydrogens is 301 g/mol. The molecule has 1 rings (SSSR count). The first-order chi connectivity index (χ1) is 9.74. The van der Waals surface area contributed by atoms with Crippen molar-refractivity contribution in [1.29, 1.82) is 0 Å². The van der Waals surface area contributed by atoms with Crippen LogP contribution >= 0.6 is 11.6 Å². The van der Waals surface area contributed by atoms with Crippen LogP contribution < -0.4 is 10.2 Å². The van der Waals surface area contributed by atoms with Crippen LogP contribution in [0.15, 0.2) is 18.2 Å². The molecule has 21 heavy (non-hydrogen) atoms. The van der Waals surface area contributed by atoms with Gasteiger partial charge in [-0.25, -0.2) is 0 Å². The third kappa shape index (κ3) is 6.14. The molecule has 0 spiro atoms. The molecule has 0 fully saturated rings. The molecule has 0 aliphatic rings. The molecule has 0 aliphatic heterocycles. The van der Waals surface area contributed by atoms with Gasteiger partial charge in [0.2, 0.25) is 0 Å². The highest BCUT2D eigenvalue weighted by atomic mass is 35.5. The van der Waals surface area contributed by atoms with Crippen molar-refractivity contribution in [3.05, 3.63) is 28.8 Å². The fourth-order valence-electron chi connectivity index (χ4n) is 2.10. The molecule has 0 saturated heterocycles. The predicted molar refractivity (Wildman–Crippen MR) is 82.0 cm³/mol. The Morgan fingerprint density at radius 3 is 2.48 bits per heavy atom. The van der Waals surface area contributed by atoms with E-state index in [1.807, 2.05) is 20.8 Å². The monoisotopic (exact) mass is 322 g/mol. The lowest BCUT2D eigenvalue weighted by Gasteiger charge is -2.28. The molecule has 0 aromatic heterocycles. The molecule has 0 saturated carbocycles. The number of benzene rings is 1. The highest BCUT2D eigenvalue weighted by molar-refractivity contribution is 6.31. The van der Waals surface area contributed by atoms with Crippen LogP contribution in [0.3, 0.4) is 0 Å². The lowest BCUT2D eigenvalue weighted by atomic mass is 10.1. The third-order valence-electron chi connectivity index (χ3n) is 2.99. The van der Waals surface area contributed by atoms with Crippen molar-refractivity contribution >= 4 is 17.3 Å². The fourth-order valence-corrected chi connectivity index (χ4v) is 2.33. The number of hydrogen-bond donors (Lipinski definition) is 1. The summed E-state index contributed by atoms with van der Waals surface area (Å²) in [5.74, 6) is 0. The maximum atomic E-state index is 12.8. The second kappa shape index (κ2) is 7.90. The Morgan fingerprint density at radius 1 is 1.29 bits per heavy atom. The highest BCUT2D eigenvalue weighted by Gasteiger charge is 2.31. The van der Waals surface area contributed by atoms with E-state index in [0.717, 1.165) is 0 Å². The number of nitrogens with zero attached hydrogens (tertiary/aromatic N) is 1. The largest absolute Gasteiger partial charge is 0.405 e. The standard InChI is InChI=1S/C15H22ClF3N2/c1-4-8-21(10-15(17,18)19)14-7-5-6-13(16)12(14)9-20-11(2)3/h5-7,11,20H,4,8-10H2,1-3H3. The molecule has 120 valence electrons. The Balaban J connectivity index is 3.08. The van der Waals surface area contributed by atoms with Crippen molar-refractivity contribution in [3.63, 3.8) is 0 Å².